The Morgan fingerprint density at radius 3 is 3.00 bits per heavy atom. The summed E-state index contributed by atoms with van der Waals surface area (Å²) in [6.45, 7) is 2.75. The molecule has 6 nitrogen and oxygen atoms in total. The highest BCUT2D eigenvalue weighted by Crippen LogP contribution is 2.15. The largest absolute Gasteiger partial charge is 0.345 e. The van der Waals surface area contributed by atoms with Crippen molar-refractivity contribution < 1.29 is 9.72 Å². The van der Waals surface area contributed by atoms with E-state index >= 15 is 0 Å². The van der Waals surface area contributed by atoms with Crippen molar-refractivity contribution in [1.82, 2.24) is 10.2 Å². The number of hydrogen-bond acceptors (Lipinski definition) is 4. The van der Waals surface area contributed by atoms with Crippen LogP contribution in [0.1, 0.15) is 18.4 Å². The molecule has 6 heteroatoms. The molecule has 0 spiro atoms. The van der Waals surface area contributed by atoms with Crippen molar-refractivity contribution in [1.29, 1.82) is 0 Å². The molecule has 0 radical (unpaired) electrons. The highest BCUT2D eigenvalue weighted by Gasteiger charge is 2.18. The lowest BCUT2D eigenvalue weighted by molar-refractivity contribution is -0.384. The van der Waals surface area contributed by atoms with Gasteiger partial charge in [-0.05, 0) is 37.4 Å². The van der Waals surface area contributed by atoms with Crippen molar-refractivity contribution >= 4 is 11.6 Å². The van der Waals surface area contributed by atoms with E-state index in [1.807, 2.05) is 0 Å². The van der Waals surface area contributed by atoms with Gasteiger partial charge in [-0.25, -0.2) is 0 Å². The Kier molecular flexibility index (Phi) is 5.27. The van der Waals surface area contributed by atoms with E-state index in [0.717, 1.165) is 32.5 Å². The van der Waals surface area contributed by atoms with Crippen LogP contribution in [0, 0.1) is 16.0 Å². The number of rotatable bonds is 5. The Morgan fingerprint density at radius 2 is 2.33 bits per heavy atom. The van der Waals surface area contributed by atoms with Gasteiger partial charge in [0.15, 0.2) is 0 Å². The summed E-state index contributed by atoms with van der Waals surface area (Å²) in [7, 11) is 1.80. The number of hydrogen-bond donors (Lipinski definition) is 1. The first-order chi connectivity index (χ1) is 10.1. The topological polar surface area (TPSA) is 75.5 Å². The molecule has 114 valence electrons. The number of amides is 1. The van der Waals surface area contributed by atoms with E-state index in [4.69, 9.17) is 0 Å². The molecular formula is C15H21N3O3. The standard InChI is InChI=1S/C15H21N3O3/c1-17(11-13-5-3-7-16-10-13)15(19)9-12-4-2-6-14(8-12)18(20)21/h2,4,6,8,13,16H,3,5,7,9-11H2,1H3. The first-order valence-corrected chi connectivity index (χ1v) is 7.24. The lowest BCUT2D eigenvalue weighted by Gasteiger charge is -2.27. The number of piperidine rings is 1. The van der Waals surface area contributed by atoms with Crippen molar-refractivity contribution in [3.63, 3.8) is 0 Å². The van der Waals surface area contributed by atoms with Gasteiger partial charge in [-0.3, -0.25) is 14.9 Å². The summed E-state index contributed by atoms with van der Waals surface area (Å²) >= 11 is 0. The van der Waals surface area contributed by atoms with Gasteiger partial charge in [-0.15, -0.1) is 0 Å². The minimum absolute atomic E-state index is 0.000992. The molecular weight excluding hydrogens is 270 g/mol. The zero-order valence-electron chi connectivity index (χ0n) is 12.2. The monoisotopic (exact) mass is 291 g/mol. The minimum atomic E-state index is -0.439. The summed E-state index contributed by atoms with van der Waals surface area (Å²) in [5.74, 6) is 0.499. The fraction of sp³-hybridized carbons (Fsp3) is 0.533. The number of carbonyl (C=O) groups excluding carboxylic acids is 1. The molecule has 1 aliphatic rings. The predicted octanol–water partition coefficient (Wildman–Crippen LogP) is 1.60. The summed E-state index contributed by atoms with van der Waals surface area (Å²) in [6, 6.07) is 6.27. The van der Waals surface area contributed by atoms with Gasteiger partial charge in [0, 0.05) is 25.7 Å². The zero-order valence-corrected chi connectivity index (χ0v) is 12.2. The number of nitrogens with one attached hydrogen (secondary N) is 1. The molecule has 0 saturated carbocycles. The molecule has 1 fully saturated rings. The average Bonchev–Trinajstić information content (AvgIpc) is 2.48. The molecule has 21 heavy (non-hydrogen) atoms. The third-order valence-corrected chi connectivity index (χ3v) is 3.83. The Hall–Kier alpha value is -1.95. The molecule has 0 aliphatic carbocycles. The summed E-state index contributed by atoms with van der Waals surface area (Å²) in [5.41, 5.74) is 0.710. The summed E-state index contributed by atoms with van der Waals surface area (Å²) in [4.78, 5) is 24.2. The fourth-order valence-corrected chi connectivity index (χ4v) is 2.66. The van der Waals surface area contributed by atoms with Crippen molar-refractivity contribution in [3.05, 3.63) is 39.9 Å². The third kappa shape index (κ3) is 4.53. The number of likely N-dealkylation sites (N-methyl/N-ethyl adjacent to an activating group) is 1. The zero-order chi connectivity index (χ0) is 15.2. The van der Waals surface area contributed by atoms with Crippen LogP contribution in [-0.4, -0.2) is 42.4 Å². The van der Waals surface area contributed by atoms with Crippen LogP contribution in [0.4, 0.5) is 5.69 Å². The van der Waals surface area contributed by atoms with E-state index in [9.17, 15) is 14.9 Å². The van der Waals surface area contributed by atoms with E-state index in [0.29, 0.717) is 11.5 Å². The average molecular weight is 291 g/mol. The van der Waals surface area contributed by atoms with Crippen LogP contribution in [-0.2, 0) is 11.2 Å². The number of carbonyl (C=O) groups is 1. The van der Waals surface area contributed by atoms with Crippen LogP contribution < -0.4 is 5.32 Å². The normalized spacial score (nSPS) is 18.2. The number of non-ortho nitro benzene ring substituents is 1. The number of benzene rings is 1. The molecule has 1 N–H and O–H groups in total. The van der Waals surface area contributed by atoms with E-state index in [1.54, 1.807) is 24.1 Å². The molecule has 1 atom stereocenters. The lowest BCUT2D eigenvalue weighted by Crippen LogP contribution is -2.39. The molecule has 1 saturated heterocycles. The molecule has 1 heterocycles. The second-order valence-corrected chi connectivity index (χ2v) is 5.59. The summed E-state index contributed by atoms with van der Waals surface area (Å²) in [6.07, 6.45) is 2.50. The Labute approximate surface area is 124 Å². The van der Waals surface area contributed by atoms with Gasteiger partial charge in [0.25, 0.3) is 5.69 Å². The van der Waals surface area contributed by atoms with Gasteiger partial charge in [0.05, 0.1) is 11.3 Å². The Bertz CT molecular complexity index is 513. The van der Waals surface area contributed by atoms with Gasteiger partial charge >= 0.3 is 0 Å². The summed E-state index contributed by atoms with van der Waals surface area (Å²) < 4.78 is 0. The van der Waals surface area contributed by atoms with E-state index < -0.39 is 4.92 Å². The van der Waals surface area contributed by atoms with Crippen LogP contribution in [0.3, 0.4) is 0 Å². The van der Waals surface area contributed by atoms with E-state index in [1.165, 1.54) is 12.1 Å². The third-order valence-electron chi connectivity index (χ3n) is 3.83. The maximum Gasteiger partial charge on any atom is 0.269 e. The minimum Gasteiger partial charge on any atom is -0.345 e. The maximum absolute atomic E-state index is 12.2. The molecule has 1 aliphatic heterocycles. The SMILES string of the molecule is CN(CC1CCCNC1)C(=O)Cc1cccc([N+](=O)[O-])c1. The maximum atomic E-state index is 12.2. The van der Waals surface area contributed by atoms with Gasteiger partial charge in [-0.2, -0.15) is 0 Å². The molecule has 1 amide bonds. The first-order valence-electron chi connectivity index (χ1n) is 7.24. The van der Waals surface area contributed by atoms with Gasteiger partial charge in [-0.1, -0.05) is 12.1 Å². The van der Waals surface area contributed by atoms with Gasteiger partial charge in [0.2, 0.25) is 5.91 Å². The van der Waals surface area contributed by atoms with Gasteiger partial charge < -0.3 is 10.2 Å². The van der Waals surface area contributed by atoms with Crippen LogP contribution >= 0.6 is 0 Å². The van der Waals surface area contributed by atoms with Crippen LogP contribution in [0.5, 0.6) is 0 Å². The Morgan fingerprint density at radius 1 is 1.52 bits per heavy atom. The highest BCUT2D eigenvalue weighted by atomic mass is 16.6. The smallest absolute Gasteiger partial charge is 0.269 e. The molecule has 0 bridgehead atoms. The first kappa shape index (κ1) is 15.4. The second kappa shape index (κ2) is 7.17. The van der Waals surface area contributed by atoms with E-state index in [2.05, 4.69) is 5.32 Å². The van der Waals surface area contributed by atoms with E-state index in [-0.39, 0.29) is 18.0 Å². The van der Waals surface area contributed by atoms with Crippen LogP contribution in [0.25, 0.3) is 0 Å². The van der Waals surface area contributed by atoms with Crippen LogP contribution in [0.2, 0.25) is 0 Å². The van der Waals surface area contributed by atoms with Gasteiger partial charge in [0.1, 0.15) is 0 Å². The molecule has 0 aromatic heterocycles. The number of nitro groups is 1. The highest BCUT2D eigenvalue weighted by molar-refractivity contribution is 5.78. The van der Waals surface area contributed by atoms with Crippen molar-refractivity contribution in [2.75, 3.05) is 26.7 Å². The van der Waals surface area contributed by atoms with Crippen molar-refractivity contribution in [2.45, 2.75) is 19.3 Å². The lowest BCUT2D eigenvalue weighted by atomic mass is 9.99. The second-order valence-electron chi connectivity index (χ2n) is 5.59. The predicted molar refractivity (Wildman–Crippen MR) is 80.0 cm³/mol. The fourth-order valence-electron chi connectivity index (χ4n) is 2.66. The summed E-state index contributed by atoms with van der Waals surface area (Å²) in [5, 5.41) is 14.1. The quantitative estimate of drug-likeness (QED) is 0.660. The number of nitro benzene ring substituents is 1. The van der Waals surface area contributed by atoms with Crippen molar-refractivity contribution in [3.8, 4) is 0 Å². The molecule has 1 aromatic carbocycles. The number of nitrogens with zero attached hydrogens (tertiary/aromatic N) is 2. The molecule has 1 unspecified atom stereocenters. The van der Waals surface area contributed by atoms with Crippen molar-refractivity contribution in [2.24, 2.45) is 5.92 Å². The Balaban J connectivity index is 1.90. The van der Waals surface area contributed by atoms with Crippen LogP contribution in [0.15, 0.2) is 24.3 Å². The molecule has 1 aromatic rings. The molecule has 2 rings (SSSR count).